The summed E-state index contributed by atoms with van der Waals surface area (Å²) in [6, 6.07) is 7.15. The van der Waals surface area contributed by atoms with Crippen LogP contribution in [-0.4, -0.2) is 17.7 Å². The number of carbonyl (C=O) groups is 1. The Hall–Kier alpha value is -1.39. The summed E-state index contributed by atoms with van der Waals surface area (Å²) < 4.78 is 4.98. The van der Waals surface area contributed by atoms with E-state index in [4.69, 9.17) is 28.6 Å². The normalized spacial score (nSPS) is 9.47. The highest BCUT2D eigenvalue weighted by molar-refractivity contribution is 7.80. The molecule has 1 aromatic carbocycles. The number of benzene rings is 1. The van der Waals surface area contributed by atoms with Gasteiger partial charge in [0, 0.05) is 5.02 Å². The van der Waals surface area contributed by atoms with Crippen LogP contribution in [0.3, 0.4) is 0 Å². The first-order valence-electron chi connectivity index (χ1n) is 4.94. The third kappa shape index (κ3) is 4.97. The minimum Gasteiger partial charge on any atom is -0.467 e. The number of halogens is 1. The minimum atomic E-state index is -0.257. The molecule has 0 radical (unpaired) electrons. The summed E-state index contributed by atoms with van der Waals surface area (Å²) in [5, 5.41) is 3.05. The summed E-state index contributed by atoms with van der Waals surface area (Å²) in [6.45, 7) is 3.75. The van der Waals surface area contributed by atoms with Gasteiger partial charge in [-0.05, 0) is 23.8 Å². The largest absolute Gasteiger partial charge is 0.467 e. The van der Waals surface area contributed by atoms with Gasteiger partial charge in [0.05, 0.1) is 6.42 Å². The van der Waals surface area contributed by atoms with Crippen molar-refractivity contribution in [2.24, 2.45) is 0 Å². The minimum absolute atomic E-state index is 0.0435. The maximum atomic E-state index is 11.6. The Morgan fingerprint density at radius 2 is 2.24 bits per heavy atom. The molecule has 0 fully saturated rings. The van der Waals surface area contributed by atoms with Crippen LogP contribution >= 0.6 is 23.8 Å². The molecule has 1 aromatic rings. The van der Waals surface area contributed by atoms with Crippen molar-refractivity contribution in [2.45, 2.75) is 6.42 Å². The van der Waals surface area contributed by atoms with E-state index in [0.717, 1.165) is 5.56 Å². The molecule has 0 bridgehead atoms. The average molecular weight is 270 g/mol. The molecule has 0 aliphatic heterocycles. The van der Waals surface area contributed by atoms with Crippen LogP contribution in [0.5, 0.6) is 0 Å². The summed E-state index contributed by atoms with van der Waals surface area (Å²) in [4.78, 5) is 11.6. The molecule has 90 valence electrons. The number of hydrogen-bond acceptors (Lipinski definition) is 3. The molecule has 3 nitrogen and oxygen atoms in total. The van der Waals surface area contributed by atoms with Crippen molar-refractivity contribution >= 4 is 34.9 Å². The predicted molar refractivity (Wildman–Crippen MR) is 72.0 cm³/mol. The molecule has 0 saturated carbocycles. The lowest BCUT2D eigenvalue weighted by atomic mass is 10.1. The Balaban J connectivity index is 2.47. The fourth-order valence-electron chi connectivity index (χ4n) is 1.14. The average Bonchev–Trinajstić information content (AvgIpc) is 2.29. The van der Waals surface area contributed by atoms with Crippen LogP contribution in [0.1, 0.15) is 5.56 Å². The summed E-state index contributed by atoms with van der Waals surface area (Å²) in [5.41, 5.74) is 0.748. The highest BCUT2D eigenvalue weighted by atomic mass is 35.5. The van der Waals surface area contributed by atoms with Crippen molar-refractivity contribution in [3.8, 4) is 0 Å². The first-order chi connectivity index (χ1) is 8.13. The molecule has 0 heterocycles. The van der Waals surface area contributed by atoms with E-state index in [1.807, 2.05) is 12.1 Å². The van der Waals surface area contributed by atoms with Crippen molar-refractivity contribution in [1.82, 2.24) is 5.32 Å². The van der Waals surface area contributed by atoms with Crippen molar-refractivity contribution in [2.75, 3.05) is 6.61 Å². The van der Waals surface area contributed by atoms with Gasteiger partial charge in [0.2, 0.25) is 5.91 Å². The Morgan fingerprint density at radius 3 is 2.88 bits per heavy atom. The van der Waals surface area contributed by atoms with Gasteiger partial charge in [-0.25, -0.2) is 0 Å². The summed E-state index contributed by atoms with van der Waals surface area (Å²) >= 11 is 10.7. The number of hydrogen-bond donors (Lipinski definition) is 1. The van der Waals surface area contributed by atoms with E-state index in [2.05, 4.69) is 11.9 Å². The van der Waals surface area contributed by atoms with Crippen molar-refractivity contribution < 1.29 is 9.53 Å². The van der Waals surface area contributed by atoms with Gasteiger partial charge < -0.3 is 4.74 Å². The first kappa shape index (κ1) is 13.7. The summed E-state index contributed by atoms with van der Waals surface area (Å²) in [7, 11) is 0. The fraction of sp³-hybridized carbons (Fsp3) is 0.167. The Kier molecular flexibility index (Phi) is 5.66. The number of thiocarbonyl (C=S) groups is 1. The zero-order chi connectivity index (χ0) is 12.7. The van der Waals surface area contributed by atoms with Gasteiger partial charge in [-0.15, -0.1) is 0 Å². The van der Waals surface area contributed by atoms with E-state index in [-0.39, 0.29) is 24.1 Å². The lowest BCUT2D eigenvalue weighted by Gasteiger charge is -2.07. The molecule has 0 aromatic heterocycles. The Labute approximate surface area is 110 Å². The van der Waals surface area contributed by atoms with Crippen LogP contribution < -0.4 is 5.32 Å². The molecule has 1 amide bonds. The molecule has 17 heavy (non-hydrogen) atoms. The Morgan fingerprint density at radius 1 is 1.53 bits per heavy atom. The van der Waals surface area contributed by atoms with Gasteiger partial charge in [-0.2, -0.15) is 0 Å². The first-order valence-corrected chi connectivity index (χ1v) is 5.73. The van der Waals surface area contributed by atoms with E-state index < -0.39 is 0 Å². The second-order valence-corrected chi connectivity index (χ2v) is 3.98. The standard InChI is InChI=1S/C12H12ClNO2S/c1-2-7-16-12(17)14-11(15)8-9-5-3-4-6-10(9)13/h2-6H,1,7-8H2,(H,14,15,17). The van der Waals surface area contributed by atoms with E-state index in [1.54, 1.807) is 18.2 Å². The molecule has 0 saturated heterocycles. The lowest BCUT2D eigenvalue weighted by Crippen LogP contribution is -2.32. The molecule has 0 unspecified atom stereocenters. The molecule has 1 rings (SSSR count). The molecular formula is C12H12ClNO2S. The van der Waals surface area contributed by atoms with Gasteiger partial charge in [0.15, 0.2) is 0 Å². The van der Waals surface area contributed by atoms with Crippen molar-refractivity contribution in [3.05, 3.63) is 47.5 Å². The summed E-state index contributed by atoms with van der Waals surface area (Å²) in [6.07, 6.45) is 1.71. The fourth-order valence-corrected chi connectivity index (χ4v) is 1.53. The zero-order valence-electron chi connectivity index (χ0n) is 9.11. The number of amides is 1. The zero-order valence-corrected chi connectivity index (χ0v) is 10.7. The molecule has 0 aliphatic rings. The number of carbonyl (C=O) groups excluding carboxylic acids is 1. The van der Waals surface area contributed by atoms with Crippen molar-refractivity contribution in [3.63, 3.8) is 0 Å². The highest BCUT2D eigenvalue weighted by Gasteiger charge is 2.08. The van der Waals surface area contributed by atoms with Crippen LogP contribution in [0.15, 0.2) is 36.9 Å². The monoisotopic (exact) mass is 269 g/mol. The van der Waals surface area contributed by atoms with Gasteiger partial charge in [0.1, 0.15) is 6.61 Å². The second kappa shape index (κ2) is 7.04. The predicted octanol–water partition coefficient (Wildman–Crippen LogP) is 2.49. The smallest absolute Gasteiger partial charge is 0.263 e. The number of rotatable bonds is 4. The third-order valence-electron chi connectivity index (χ3n) is 1.88. The van der Waals surface area contributed by atoms with Crippen LogP contribution in [-0.2, 0) is 16.0 Å². The van der Waals surface area contributed by atoms with E-state index in [1.165, 1.54) is 0 Å². The maximum Gasteiger partial charge on any atom is 0.263 e. The summed E-state index contributed by atoms with van der Waals surface area (Å²) in [5.74, 6) is -0.257. The van der Waals surface area contributed by atoms with Crippen LogP contribution in [0.25, 0.3) is 0 Å². The SMILES string of the molecule is C=CCOC(=S)NC(=O)Cc1ccccc1Cl. The van der Waals surface area contributed by atoms with Crippen LogP contribution in [0.2, 0.25) is 5.02 Å². The molecular weight excluding hydrogens is 258 g/mol. The number of ether oxygens (including phenoxy) is 1. The molecule has 0 spiro atoms. The quantitative estimate of drug-likeness (QED) is 0.674. The Bertz CT molecular complexity index is 434. The van der Waals surface area contributed by atoms with Crippen LogP contribution in [0, 0.1) is 0 Å². The van der Waals surface area contributed by atoms with Crippen molar-refractivity contribution in [1.29, 1.82) is 0 Å². The molecule has 1 N–H and O–H groups in total. The highest BCUT2D eigenvalue weighted by Crippen LogP contribution is 2.15. The molecule has 0 atom stereocenters. The van der Waals surface area contributed by atoms with Gasteiger partial charge in [-0.1, -0.05) is 42.5 Å². The molecule has 0 aliphatic carbocycles. The van der Waals surface area contributed by atoms with Gasteiger partial charge >= 0.3 is 0 Å². The third-order valence-corrected chi connectivity index (χ3v) is 2.47. The topological polar surface area (TPSA) is 38.3 Å². The van der Waals surface area contributed by atoms with E-state index in [9.17, 15) is 4.79 Å². The maximum absolute atomic E-state index is 11.6. The lowest BCUT2D eigenvalue weighted by molar-refractivity contribution is -0.119. The number of nitrogens with one attached hydrogen (secondary N) is 1. The van der Waals surface area contributed by atoms with E-state index in [0.29, 0.717) is 5.02 Å². The second-order valence-electron chi connectivity index (χ2n) is 3.20. The van der Waals surface area contributed by atoms with Gasteiger partial charge in [0.25, 0.3) is 5.17 Å². The van der Waals surface area contributed by atoms with E-state index >= 15 is 0 Å². The molecule has 5 heteroatoms. The van der Waals surface area contributed by atoms with Gasteiger partial charge in [-0.3, -0.25) is 10.1 Å². The van der Waals surface area contributed by atoms with Crippen LogP contribution in [0.4, 0.5) is 0 Å².